The molecule has 2 heterocycles. The van der Waals surface area contributed by atoms with E-state index in [1.54, 1.807) is 17.1 Å². The fourth-order valence-corrected chi connectivity index (χ4v) is 1.29. The van der Waals surface area contributed by atoms with Crippen molar-refractivity contribution in [2.24, 2.45) is 10.9 Å². The van der Waals surface area contributed by atoms with Gasteiger partial charge in [0.1, 0.15) is 5.84 Å². The second-order valence-corrected chi connectivity index (χ2v) is 3.07. The molecular formula is C9H12N4. The van der Waals surface area contributed by atoms with E-state index in [0.717, 1.165) is 18.8 Å². The van der Waals surface area contributed by atoms with Gasteiger partial charge in [0.2, 0.25) is 0 Å². The minimum Gasteiger partial charge on any atom is -0.266 e. The van der Waals surface area contributed by atoms with E-state index in [1.807, 2.05) is 6.08 Å². The Balaban J connectivity index is 2.13. The SMILES string of the molecule is CCC1C=CC(n2ccnn2)=NC1. The van der Waals surface area contributed by atoms with Crippen LogP contribution in [0.2, 0.25) is 0 Å². The highest BCUT2D eigenvalue weighted by molar-refractivity contribution is 5.94. The zero-order valence-corrected chi connectivity index (χ0v) is 7.59. The van der Waals surface area contributed by atoms with Gasteiger partial charge in [-0.1, -0.05) is 18.2 Å². The van der Waals surface area contributed by atoms with Crippen LogP contribution in [-0.2, 0) is 0 Å². The highest BCUT2D eigenvalue weighted by Gasteiger charge is 2.08. The predicted octanol–water partition coefficient (Wildman–Crippen LogP) is 1.12. The molecule has 0 spiro atoms. The maximum absolute atomic E-state index is 4.41. The van der Waals surface area contributed by atoms with E-state index in [2.05, 4.69) is 28.3 Å². The average molecular weight is 176 g/mol. The monoisotopic (exact) mass is 176 g/mol. The van der Waals surface area contributed by atoms with Crippen molar-refractivity contribution in [1.29, 1.82) is 0 Å². The van der Waals surface area contributed by atoms with Crippen LogP contribution in [0.25, 0.3) is 0 Å². The highest BCUT2D eigenvalue weighted by Crippen LogP contribution is 2.10. The number of hydrogen-bond donors (Lipinski definition) is 0. The first-order valence-electron chi connectivity index (χ1n) is 4.49. The molecule has 0 fully saturated rings. The lowest BCUT2D eigenvalue weighted by molar-refractivity contribution is 0.630. The number of nitrogens with zero attached hydrogens (tertiary/aromatic N) is 4. The Morgan fingerprint density at radius 2 is 2.54 bits per heavy atom. The van der Waals surface area contributed by atoms with Gasteiger partial charge in [0.25, 0.3) is 0 Å². The molecule has 0 saturated carbocycles. The Morgan fingerprint density at radius 3 is 3.08 bits per heavy atom. The maximum Gasteiger partial charge on any atom is 0.150 e. The van der Waals surface area contributed by atoms with Crippen LogP contribution >= 0.6 is 0 Å². The lowest BCUT2D eigenvalue weighted by Crippen LogP contribution is -2.16. The summed E-state index contributed by atoms with van der Waals surface area (Å²) in [4.78, 5) is 4.41. The molecule has 0 aliphatic carbocycles. The molecule has 1 unspecified atom stereocenters. The third-order valence-corrected chi connectivity index (χ3v) is 2.19. The van der Waals surface area contributed by atoms with Gasteiger partial charge in [-0.25, -0.2) is 4.68 Å². The van der Waals surface area contributed by atoms with E-state index in [1.165, 1.54) is 0 Å². The van der Waals surface area contributed by atoms with Crippen molar-refractivity contribution in [2.45, 2.75) is 13.3 Å². The summed E-state index contributed by atoms with van der Waals surface area (Å²) in [5.74, 6) is 1.47. The minimum absolute atomic E-state index is 0.590. The first-order chi connectivity index (χ1) is 6.40. The van der Waals surface area contributed by atoms with E-state index in [0.29, 0.717) is 5.92 Å². The molecule has 4 nitrogen and oxygen atoms in total. The van der Waals surface area contributed by atoms with Crippen molar-refractivity contribution < 1.29 is 0 Å². The summed E-state index contributed by atoms with van der Waals surface area (Å²) >= 11 is 0. The standard InChI is InChI=1S/C9H12N4/c1-2-8-3-4-9(10-7-8)13-6-5-11-12-13/h3-6,8H,2,7H2,1H3. The van der Waals surface area contributed by atoms with Crippen LogP contribution in [0.4, 0.5) is 0 Å². The van der Waals surface area contributed by atoms with Crippen molar-refractivity contribution >= 4 is 5.84 Å². The molecule has 68 valence electrons. The van der Waals surface area contributed by atoms with Crippen molar-refractivity contribution in [1.82, 2.24) is 15.0 Å². The van der Waals surface area contributed by atoms with Crippen LogP contribution in [0.15, 0.2) is 29.5 Å². The van der Waals surface area contributed by atoms with E-state index >= 15 is 0 Å². The second-order valence-electron chi connectivity index (χ2n) is 3.07. The molecule has 1 aliphatic rings. The van der Waals surface area contributed by atoms with Crippen LogP contribution < -0.4 is 0 Å². The predicted molar refractivity (Wildman–Crippen MR) is 50.6 cm³/mol. The Labute approximate surface area is 77.0 Å². The Bertz CT molecular complexity index is 323. The van der Waals surface area contributed by atoms with Gasteiger partial charge in [-0.05, 0) is 18.4 Å². The van der Waals surface area contributed by atoms with Crippen molar-refractivity contribution in [3.05, 3.63) is 24.5 Å². The Hall–Kier alpha value is -1.45. The molecule has 0 aromatic carbocycles. The second kappa shape index (κ2) is 3.51. The zero-order valence-electron chi connectivity index (χ0n) is 7.59. The van der Waals surface area contributed by atoms with Gasteiger partial charge in [0.05, 0.1) is 12.4 Å². The van der Waals surface area contributed by atoms with Gasteiger partial charge >= 0.3 is 0 Å². The lowest BCUT2D eigenvalue weighted by Gasteiger charge is -2.12. The van der Waals surface area contributed by atoms with E-state index in [4.69, 9.17) is 0 Å². The van der Waals surface area contributed by atoms with E-state index in [-0.39, 0.29) is 0 Å². The maximum atomic E-state index is 4.41. The van der Waals surface area contributed by atoms with Crippen molar-refractivity contribution in [2.75, 3.05) is 6.54 Å². The first-order valence-corrected chi connectivity index (χ1v) is 4.49. The normalized spacial score (nSPS) is 21.6. The molecule has 4 heteroatoms. The molecule has 13 heavy (non-hydrogen) atoms. The molecule has 1 atom stereocenters. The quantitative estimate of drug-likeness (QED) is 0.643. The Morgan fingerprint density at radius 1 is 1.62 bits per heavy atom. The molecular weight excluding hydrogens is 164 g/mol. The van der Waals surface area contributed by atoms with Crippen molar-refractivity contribution in [3.8, 4) is 0 Å². The first kappa shape index (κ1) is 8.16. The number of allylic oxidation sites excluding steroid dienone is 1. The molecule has 1 aliphatic heterocycles. The summed E-state index contributed by atoms with van der Waals surface area (Å²) in [6.45, 7) is 3.03. The van der Waals surface area contributed by atoms with E-state index < -0.39 is 0 Å². The van der Waals surface area contributed by atoms with Crippen LogP contribution in [0, 0.1) is 5.92 Å². The van der Waals surface area contributed by atoms with Gasteiger partial charge in [-0.15, -0.1) is 5.10 Å². The molecule has 0 bridgehead atoms. The number of rotatable bonds is 1. The summed E-state index contributed by atoms with van der Waals surface area (Å²) in [6.07, 6.45) is 8.79. The third kappa shape index (κ3) is 1.66. The van der Waals surface area contributed by atoms with Gasteiger partial charge in [0, 0.05) is 6.54 Å². The fourth-order valence-electron chi connectivity index (χ4n) is 1.29. The van der Waals surface area contributed by atoms with Gasteiger partial charge in [-0.2, -0.15) is 0 Å². The Kier molecular flexibility index (Phi) is 2.21. The molecule has 0 saturated heterocycles. The molecule has 0 amide bonds. The topological polar surface area (TPSA) is 43.1 Å². The van der Waals surface area contributed by atoms with Crippen LogP contribution in [0.1, 0.15) is 13.3 Å². The van der Waals surface area contributed by atoms with Crippen molar-refractivity contribution in [3.63, 3.8) is 0 Å². The summed E-state index contributed by atoms with van der Waals surface area (Å²) in [6, 6.07) is 0. The van der Waals surface area contributed by atoms with E-state index in [9.17, 15) is 0 Å². The fraction of sp³-hybridized carbons (Fsp3) is 0.444. The van der Waals surface area contributed by atoms with Crippen LogP contribution in [0.5, 0.6) is 0 Å². The highest BCUT2D eigenvalue weighted by atomic mass is 15.4. The molecule has 0 radical (unpaired) electrons. The largest absolute Gasteiger partial charge is 0.266 e. The summed E-state index contributed by atoms with van der Waals surface area (Å²) in [5, 5.41) is 7.61. The average Bonchev–Trinajstić information content (AvgIpc) is 2.71. The van der Waals surface area contributed by atoms with Crippen LogP contribution in [-0.4, -0.2) is 27.4 Å². The molecule has 0 N–H and O–H groups in total. The smallest absolute Gasteiger partial charge is 0.150 e. The summed E-state index contributed by atoms with van der Waals surface area (Å²) in [5.41, 5.74) is 0. The number of hydrogen-bond acceptors (Lipinski definition) is 3. The summed E-state index contributed by atoms with van der Waals surface area (Å²) < 4.78 is 1.68. The minimum atomic E-state index is 0.590. The van der Waals surface area contributed by atoms with Gasteiger partial charge in [0.15, 0.2) is 0 Å². The number of aromatic nitrogens is 3. The molecule has 1 aromatic heterocycles. The van der Waals surface area contributed by atoms with Crippen LogP contribution in [0.3, 0.4) is 0 Å². The zero-order chi connectivity index (χ0) is 9.10. The lowest BCUT2D eigenvalue weighted by atomic mass is 10.0. The number of aliphatic imine (C=N–C) groups is 1. The third-order valence-electron chi connectivity index (χ3n) is 2.19. The number of dihydropyridines is 1. The van der Waals surface area contributed by atoms with Gasteiger partial charge < -0.3 is 0 Å². The van der Waals surface area contributed by atoms with Gasteiger partial charge in [-0.3, -0.25) is 4.99 Å². The molecule has 2 rings (SSSR count). The molecule has 1 aromatic rings. The summed E-state index contributed by atoms with van der Waals surface area (Å²) in [7, 11) is 0.